The van der Waals surface area contributed by atoms with Crippen LogP contribution in [0.5, 0.6) is 0 Å². The van der Waals surface area contributed by atoms with Crippen molar-refractivity contribution in [2.45, 2.75) is 0 Å². The summed E-state index contributed by atoms with van der Waals surface area (Å²) in [6.45, 7) is 0. The summed E-state index contributed by atoms with van der Waals surface area (Å²) in [6.07, 6.45) is 2.98. The number of nitrogens with zero attached hydrogens (tertiary/aromatic N) is 1. The monoisotopic (exact) mass is 197 g/mol. The van der Waals surface area contributed by atoms with E-state index in [-0.39, 0.29) is 0 Å². The molecular formula is C9H5Cl2N. The molecule has 0 aliphatic heterocycles. The highest BCUT2D eigenvalue weighted by atomic mass is 35.5. The van der Waals surface area contributed by atoms with Gasteiger partial charge in [-0.2, -0.15) is 5.26 Å². The molecule has 1 aromatic carbocycles. The quantitative estimate of drug-likeness (QED) is 0.633. The lowest BCUT2D eigenvalue weighted by Crippen LogP contribution is -1.74. The van der Waals surface area contributed by atoms with Gasteiger partial charge in [-0.05, 0) is 29.8 Å². The van der Waals surface area contributed by atoms with Gasteiger partial charge in [0, 0.05) is 16.1 Å². The van der Waals surface area contributed by atoms with Crippen molar-refractivity contribution in [3.05, 3.63) is 39.9 Å². The van der Waals surface area contributed by atoms with E-state index in [2.05, 4.69) is 0 Å². The van der Waals surface area contributed by atoms with Gasteiger partial charge in [-0.15, -0.1) is 0 Å². The molecule has 0 saturated heterocycles. The fraction of sp³-hybridized carbons (Fsp3) is 0. The number of halogens is 2. The van der Waals surface area contributed by atoms with E-state index in [0.717, 1.165) is 5.56 Å². The van der Waals surface area contributed by atoms with Gasteiger partial charge >= 0.3 is 0 Å². The number of hydrogen-bond acceptors (Lipinski definition) is 1. The maximum absolute atomic E-state index is 8.27. The van der Waals surface area contributed by atoms with Crippen molar-refractivity contribution in [3.63, 3.8) is 0 Å². The molecule has 60 valence electrons. The topological polar surface area (TPSA) is 23.8 Å². The van der Waals surface area contributed by atoms with Crippen LogP contribution in [0.15, 0.2) is 24.3 Å². The molecule has 0 heterocycles. The van der Waals surface area contributed by atoms with E-state index in [0.29, 0.717) is 10.0 Å². The molecule has 0 aliphatic rings. The minimum atomic E-state index is 0.589. The van der Waals surface area contributed by atoms with E-state index < -0.39 is 0 Å². The highest BCUT2D eigenvalue weighted by molar-refractivity contribution is 6.34. The lowest BCUT2D eigenvalue weighted by Gasteiger charge is -1.96. The molecule has 0 N–H and O–H groups in total. The van der Waals surface area contributed by atoms with Crippen molar-refractivity contribution < 1.29 is 0 Å². The third kappa shape index (κ3) is 2.27. The van der Waals surface area contributed by atoms with Gasteiger partial charge in [0.1, 0.15) is 0 Å². The Hall–Kier alpha value is -0.970. The zero-order valence-corrected chi connectivity index (χ0v) is 7.60. The van der Waals surface area contributed by atoms with E-state index in [1.165, 1.54) is 6.08 Å². The molecule has 0 atom stereocenters. The maximum atomic E-state index is 8.27. The molecule has 0 radical (unpaired) electrons. The zero-order chi connectivity index (χ0) is 8.97. The Kier molecular flexibility index (Phi) is 3.16. The number of hydrogen-bond donors (Lipinski definition) is 0. The molecule has 0 aliphatic carbocycles. The van der Waals surface area contributed by atoms with E-state index in [4.69, 9.17) is 28.5 Å². The van der Waals surface area contributed by atoms with Crippen molar-refractivity contribution in [2.24, 2.45) is 0 Å². The molecule has 0 amide bonds. The average molecular weight is 198 g/mol. The summed E-state index contributed by atoms with van der Waals surface area (Å²) >= 11 is 11.5. The molecule has 0 saturated carbocycles. The molecule has 0 fully saturated rings. The predicted octanol–water partition coefficient (Wildman–Crippen LogP) is 3.53. The lowest BCUT2D eigenvalue weighted by molar-refractivity contribution is 1.54. The van der Waals surface area contributed by atoms with Crippen LogP contribution in [-0.2, 0) is 0 Å². The summed E-state index contributed by atoms with van der Waals surface area (Å²) in [5.41, 5.74) is 0.755. The summed E-state index contributed by atoms with van der Waals surface area (Å²) in [5, 5.41) is 9.47. The number of benzene rings is 1. The third-order valence-corrected chi connectivity index (χ3v) is 1.87. The van der Waals surface area contributed by atoms with E-state index in [1.54, 1.807) is 24.3 Å². The van der Waals surface area contributed by atoms with Crippen LogP contribution < -0.4 is 0 Å². The molecule has 12 heavy (non-hydrogen) atoms. The van der Waals surface area contributed by atoms with Gasteiger partial charge < -0.3 is 0 Å². The van der Waals surface area contributed by atoms with Gasteiger partial charge in [0.25, 0.3) is 0 Å². The Morgan fingerprint density at radius 2 is 2.08 bits per heavy atom. The van der Waals surface area contributed by atoms with Crippen LogP contribution in [0.2, 0.25) is 10.0 Å². The average Bonchev–Trinajstić information content (AvgIpc) is 2.07. The molecule has 0 bridgehead atoms. The third-order valence-electron chi connectivity index (χ3n) is 1.30. The van der Waals surface area contributed by atoms with E-state index in [9.17, 15) is 0 Å². The molecule has 0 spiro atoms. The number of rotatable bonds is 1. The van der Waals surface area contributed by atoms with Crippen LogP contribution >= 0.6 is 23.2 Å². The Balaban J connectivity index is 3.07. The Bertz CT molecular complexity index is 350. The van der Waals surface area contributed by atoms with Gasteiger partial charge in [0.05, 0.1) is 6.07 Å². The largest absolute Gasteiger partial charge is 0.193 e. The van der Waals surface area contributed by atoms with Crippen LogP contribution in [0.4, 0.5) is 0 Å². The maximum Gasteiger partial charge on any atom is 0.0912 e. The lowest BCUT2D eigenvalue weighted by atomic mass is 10.2. The van der Waals surface area contributed by atoms with Gasteiger partial charge in [0.2, 0.25) is 0 Å². The Labute approximate surface area is 80.8 Å². The fourth-order valence-electron chi connectivity index (χ4n) is 0.769. The highest BCUT2D eigenvalue weighted by Gasteiger charge is 1.96. The molecule has 1 rings (SSSR count). The second-order valence-corrected chi connectivity index (χ2v) is 2.97. The first-order valence-corrected chi connectivity index (χ1v) is 4.01. The first-order chi connectivity index (χ1) is 5.74. The van der Waals surface area contributed by atoms with Gasteiger partial charge in [0.15, 0.2) is 0 Å². The minimum Gasteiger partial charge on any atom is -0.193 e. The van der Waals surface area contributed by atoms with Crippen LogP contribution in [0.1, 0.15) is 5.56 Å². The highest BCUT2D eigenvalue weighted by Crippen LogP contribution is 2.21. The molecule has 3 heteroatoms. The van der Waals surface area contributed by atoms with Crippen molar-refractivity contribution in [1.82, 2.24) is 0 Å². The first-order valence-electron chi connectivity index (χ1n) is 3.25. The summed E-state index contributed by atoms with van der Waals surface area (Å²) in [5.74, 6) is 0. The second-order valence-electron chi connectivity index (χ2n) is 2.13. The number of nitriles is 1. The second kappa shape index (κ2) is 4.15. The van der Waals surface area contributed by atoms with Gasteiger partial charge in [-0.3, -0.25) is 0 Å². The Morgan fingerprint density at radius 3 is 2.75 bits per heavy atom. The molecular weight excluding hydrogens is 193 g/mol. The predicted molar refractivity (Wildman–Crippen MR) is 51.1 cm³/mol. The SMILES string of the molecule is N#CC=Cc1cc(Cl)ccc1Cl. The summed E-state index contributed by atoms with van der Waals surface area (Å²) in [6, 6.07) is 6.98. The Morgan fingerprint density at radius 1 is 1.33 bits per heavy atom. The smallest absolute Gasteiger partial charge is 0.0912 e. The first kappa shape index (κ1) is 9.12. The summed E-state index contributed by atoms with van der Waals surface area (Å²) in [7, 11) is 0. The van der Waals surface area contributed by atoms with Crippen molar-refractivity contribution in [1.29, 1.82) is 5.26 Å². The van der Waals surface area contributed by atoms with Crippen molar-refractivity contribution in [3.8, 4) is 6.07 Å². The van der Waals surface area contributed by atoms with Crippen LogP contribution in [0, 0.1) is 11.3 Å². The van der Waals surface area contributed by atoms with Crippen LogP contribution in [0.25, 0.3) is 6.08 Å². The standard InChI is InChI=1S/C9H5Cl2N/c10-8-3-4-9(11)7(6-8)2-1-5-12/h1-4,6H. The van der Waals surface area contributed by atoms with Gasteiger partial charge in [-0.25, -0.2) is 0 Å². The van der Waals surface area contributed by atoms with E-state index in [1.807, 2.05) is 6.07 Å². The molecule has 1 nitrogen and oxygen atoms in total. The molecule has 0 aromatic heterocycles. The van der Waals surface area contributed by atoms with Crippen LogP contribution in [-0.4, -0.2) is 0 Å². The fourth-order valence-corrected chi connectivity index (χ4v) is 1.13. The summed E-state index contributed by atoms with van der Waals surface area (Å²) in [4.78, 5) is 0. The van der Waals surface area contributed by atoms with Crippen molar-refractivity contribution in [2.75, 3.05) is 0 Å². The summed E-state index contributed by atoms with van der Waals surface area (Å²) < 4.78 is 0. The van der Waals surface area contributed by atoms with Crippen LogP contribution in [0.3, 0.4) is 0 Å². The van der Waals surface area contributed by atoms with Gasteiger partial charge in [-0.1, -0.05) is 23.2 Å². The minimum absolute atomic E-state index is 0.589. The van der Waals surface area contributed by atoms with Crippen molar-refractivity contribution >= 4 is 29.3 Å². The normalized spacial score (nSPS) is 10.1. The number of allylic oxidation sites excluding steroid dienone is 1. The molecule has 1 aromatic rings. The zero-order valence-electron chi connectivity index (χ0n) is 6.09. The molecule has 0 unspecified atom stereocenters. The van der Waals surface area contributed by atoms with E-state index >= 15 is 0 Å².